The van der Waals surface area contributed by atoms with Gasteiger partial charge >= 0.3 is 0 Å². The zero-order valence-electron chi connectivity index (χ0n) is 9.41. The fourth-order valence-electron chi connectivity index (χ4n) is 3.14. The van der Waals surface area contributed by atoms with Gasteiger partial charge < -0.3 is 15.3 Å². The summed E-state index contributed by atoms with van der Waals surface area (Å²) in [5.41, 5.74) is 0.274. The molecule has 0 radical (unpaired) electrons. The Morgan fingerprint density at radius 2 is 2.07 bits per heavy atom. The van der Waals surface area contributed by atoms with Gasteiger partial charge in [0.25, 0.3) is 0 Å². The average molecular weight is 210 g/mol. The minimum atomic E-state index is 0.274. The molecule has 0 spiro atoms. The van der Waals surface area contributed by atoms with Crippen molar-refractivity contribution in [2.24, 2.45) is 11.3 Å². The summed E-state index contributed by atoms with van der Waals surface area (Å²) in [5, 5.41) is 13.0. The van der Waals surface area contributed by atoms with Crippen LogP contribution in [0.1, 0.15) is 25.7 Å². The van der Waals surface area contributed by atoms with E-state index in [2.05, 4.69) is 10.2 Å². The molecule has 3 unspecified atom stereocenters. The van der Waals surface area contributed by atoms with E-state index in [1.54, 1.807) is 0 Å². The Morgan fingerprint density at radius 3 is 2.80 bits per heavy atom. The van der Waals surface area contributed by atoms with Crippen LogP contribution in [0, 0.1) is 11.3 Å². The SMILES string of the molecule is OCC1(CNC2CCN3CCC2C3)CC1. The Balaban J connectivity index is 1.50. The molecule has 2 heterocycles. The molecule has 0 aromatic carbocycles. The van der Waals surface area contributed by atoms with Crippen molar-refractivity contribution < 1.29 is 5.11 Å². The summed E-state index contributed by atoms with van der Waals surface area (Å²) < 4.78 is 0. The summed E-state index contributed by atoms with van der Waals surface area (Å²) in [6.45, 7) is 5.33. The molecule has 2 saturated heterocycles. The Labute approximate surface area is 91.8 Å². The molecule has 2 bridgehead atoms. The Kier molecular flexibility index (Phi) is 2.49. The third-order valence-corrected chi connectivity index (χ3v) is 4.67. The van der Waals surface area contributed by atoms with Crippen molar-refractivity contribution >= 4 is 0 Å². The summed E-state index contributed by atoms with van der Waals surface area (Å²) >= 11 is 0. The lowest BCUT2D eigenvalue weighted by atomic mass is 9.93. The molecule has 3 rings (SSSR count). The van der Waals surface area contributed by atoms with Crippen molar-refractivity contribution in [2.45, 2.75) is 31.7 Å². The second-order valence-corrected chi connectivity index (χ2v) is 5.78. The van der Waals surface area contributed by atoms with Gasteiger partial charge in [0, 0.05) is 31.2 Å². The highest BCUT2D eigenvalue weighted by Gasteiger charge is 2.43. The van der Waals surface area contributed by atoms with Crippen molar-refractivity contribution in [1.82, 2.24) is 10.2 Å². The first kappa shape index (κ1) is 10.1. The lowest BCUT2D eigenvalue weighted by Gasteiger charge is -2.32. The van der Waals surface area contributed by atoms with E-state index in [1.807, 2.05) is 0 Å². The third-order valence-electron chi connectivity index (χ3n) is 4.67. The van der Waals surface area contributed by atoms with Gasteiger partial charge in [0.2, 0.25) is 0 Å². The largest absolute Gasteiger partial charge is 0.396 e. The molecule has 3 atom stereocenters. The first-order valence-electron chi connectivity index (χ1n) is 6.38. The molecular formula is C12H22N2O. The van der Waals surface area contributed by atoms with Gasteiger partial charge in [-0.3, -0.25) is 0 Å². The van der Waals surface area contributed by atoms with Gasteiger partial charge in [-0.25, -0.2) is 0 Å². The van der Waals surface area contributed by atoms with Crippen LogP contribution >= 0.6 is 0 Å². The van der Waals surface area contributed by atoms with Gasteiger partial charge in [0.1, 0.15) is 0 Å². The van der Waals surface area contributed by atoms with Crippen LogP contribution in [0.4, 0.5) is 0 Å². The van der Waals surface area contributed by atoms with Crippen LogP contribution in [-0.4, -0.2) is 48.8 Å². The molecule has 3 aliphatic rings. The maximum absolute atomic E-state index is 9.27. The van der Waals surface area contributed by atoms with Gasteiger partial charge in [0.15, 0.2) is 0 Å². The van der Waals surface area contributed by atoms with Gasteiger partial charge in [-0.1, -0.05) is 0 Å². The van der Waals surface area contributed by atoms with Crippen LogP contribution in [0.3, 0.4) is 0 Å². The number of aliphatic hydroxyl groups excluding tert-OH is 1. The van der Waals surface area contributed by atoms with Crippen LogP contribution in [0.2, 0.25) is 0 Å². The maximum Gasteiger partial charge on any atom is 0.0499 e. The molecule has 1 saturated carbocycles. The monoisotopic (exact) mass is 210 g/mol. The lowest BCUT2D eigenvalue weighted by molar-refractivity contribution is 0.180. The van der Waals surface area contributed by atoms with E-state index in [1.165, 1.54) is 45.3 Å². The van der Waals surface area contributed by atoms with E-state index in [4.69, 9.17) is 0 Å². The fraction of sp³-hybridized carbons (Fsp3) is 1.00. The van der Waals surface area contributed by atoms with E-state index < -0.39 is 0 Å². The number of fused-ring (bicyclic) bond motifs is 2. The van der Waals surface area contributed by atoms with Crippen molar-refractivity contribution in [3.05, 3.63) is 0 Å². The molecule has 2 aliphatic heterocycles. The van der Waals surface area contributed by atoms with Crippen LogP contribution in [0.15, 0.2) is 0 Å². The predicted octanol–water partition coefficient (Wildman–Crippen LogP) is 0.443. The highest BCUT2D eigenvalue weighted by atomic mass is 16.3. The zero-order valence-corrected chi connectivity index (χ0v) is 9.41. The summed E-state index contributed by atoms with van der Waals surface area (Å²) in [5.74, 6) is 0.883. The second kappa shape index (κ2) is 3.72. The van der Waals surface area contributed by atoms with Crippen LogP contribution in [-0.2, 0) is 0 Å². The van der Waals surface area contributed by atoms with Gasteiger partial charge in [-0.2, -0.15) is 0 Å². The molecule has 3 nitrogen and oxygen atoms in total. The van der Waals surface area contributed by atoms with Crippen LogP contribution in [0.5, 0.6) is 0 Å². The Morgan fingerprint density at radius 1 is 1.27 bits per heavy atom. The lowest BCUT2D eigenvalue weighted by Crippen LogP contribution is -2.46. The molecule has 0 aromatic heterocycles. The second-order valence-electron chi connectivity index (χ2n) is 5.78. The number of hydrogen-bond acceptors (Lipinski definition) is 3. The normalized spacial score (nSPS) is 41.8. The minimum Gasteiger partial charge on any atom is -0.396 e. The Bertz CT molecular complexity index is 240. The Hall–Kier alpha value is -0.120. The standard InChI is InChI=1S/C12H22N2O/c15-9-12(3-4-12)8-13-11-2-6-14-5-1-10(11)7-14/h10-11,13,15H,1-9H2. The number of hydrogen-bond donors (Lipinski definition) is 2. The predicted molar refractivity (Wildman–Crippen MR) is 59.7 cm³/mol. The first-order chi connectivity index (χ1) is 7.31. The molecule has 0 aromatic rings. The van der Waals surface area contributed by atoms with Crippen molar-refractivity contribution in [3.8, 4) is 0 Å². The fourth-order valence-corrected chi connectivity index (χ4v) is 3.14. The molecule has 1 aliphatic carbocycles. The van der Waals surface area contributed by atoms with Crippen LogP contribution in [0.25, 0.3) is 0 Å². The van der Waals surface area contributed by atoms with Gasteiger partial charge in [-0.15, -0.1) is 0 Å². The van der Waals surface area contributed by atoms with E-state index in [0.29, 0.717) is 6.61 Å². The first-order valence-corrected chi connectivity index (χ1v) is 6.38. The topological polar surface area (TPSA) is 35.5 Å². The number of nitrogens with zero attached hydrogens (tertiary/aromatic N) is 1. The van der Waals surface area contributed by atoms with Crippen molar-refractivity contribution in [1.29, 1.82) is 0 Å². The number of nitrogens with one attached hydrogen (secondary N) is 1. The third kappa shape index (κ3) is 1.93. The quantitative estimate of drug-likeness (QED) is 0.707. The molecule has 15 heavy (non-hydrogen) atoms. The van der Waals surface area contributed by atoms with Gasteiger partial charge in [-0.05, 0) is 44.7 Å². The molecule has 2 N–H and O–H groups in total. The van der Waals surface area contributed by atoms with Gasteiger partial charge in [0.05, 0.1) is 0 Å². The smallest absolute Gasteiger partial charge is 0.0499 e. The molecular weight excluding hydrogens is 188 g/mol. The minimum absolute atomic E-state index is 0.274. The highest BCUT2D eigenvalue weighted by Crippen LogP contribution is 2.44. The van der Waals surface area contributed by atoms with E-state index >= 15 is 0 Å². The molecule has 86 valence electrons. The average Bonchev–Trinajstić information content (AvgIpc) is 2.96. The number of rotatable bonds is 4. The summed E-state index contributed by atoms with van der Waals surface area (Å²) in [7, 11) is 0. The van der Waals surface area contributed by atoms with E-state index in [-0.39, 0.29) is 5.41 Å². The molecule has 0 amide bonds. The molecule has 3 fully saturated rings. The molecule has 3 heteroatoms. The summed E-state index contributed by atoms with van der Waals surface area (Å²) in [4.78, 5) is 2.59. The van der Waals surface area contributed by atoms with E-state index in [0.717, 1.165) is 18.5 Å². The van der Waals surface area contributed by atoms with Crippen molar-refractivity contribution in [3.63, 3.8) is 0 Å². The number of piperidine rings is 1. The zero-order chi connectivity index (χ0) is 10.3. The van der Waals surface area contributed by atoms with Crippen LogP contribution < -0.4 is 5.32 Å². The van der Waals surface area contributed by atoms with Crippen molar-refractivity contribution in [2.75, 3.05) is 32.8 Å². The maximum atomic E-state index is 9.27. The summed E-state index contributed by atoms with van der Waals surface area (Å²) in [6, 6.07) is 0.729. The number of aliphatic hydroxyl groups is 1. The highest BCUT2D eigenvalue weighted by molar-refractivity contribution is 4.97. The summed E-state index contributed by atoms with van der Waals surface area (Å²) in [6.07, 6.45) is 5.13. The van der Waals surface area contributed by atoms with E-state index in [9.17, 15) is 5.11 Å².